The van der Waals surface area contributed by atoms with Crippen molar-refractivity contribution in [1.29, 1.82) is 0 Å². The quantitative estimate of drug-likeness (QED) is 0.719. The Hall–Kier alpha value is -2.96. The molecule has 0 aromatic heterocycles. The van der Waals surface area contributed by atoms with E-state index in [0.717, 1.165) is 11.1 Å². The largest absolute Gasteiger partial charge is 0.435 e. The SMILES string of the molecule is CC(=O)N1CCC(C(=O)N(C)Cc2ccc(OC(F)F)cc2)(c2ccccc2)CC1. The molecule has 0 unspecified atom stereocenters. The maximum atomic E-state index is 13.6. The average Bonchev–Trinajstić information content (AvgIpc) is 2.74. The number of benzene rings is 2. The molecule has 2 amide bonds. The molecule has 1 fully saturated rings. The molecule has 0 aliphatic carbocycles. The number of alkyl halides is 2. The number of halogens is 2. The topological polar surface area (TPSA) is 49.9 Å². The molecule has 3 rings (SSSR count). The van der Waals surface area contributed by atoms with Gasteiger partial charge in [0.15, 0.2) is 0 Å². The van der Waals surface area contributed by atoms with Crippen LogP contribution in [-0.4, -0.2) is 48.4 Å². The van der Waals surface area contributed by atoms with E-state index in [2.05, 4.69) is 4.74 Å². The first-order valence-corrected chi connectivity index (χ1v) is 9.92. The summed E-state index contributed by atoms with van der Waals surface area (Å²) in [6.45, 7) is 0.0862. The van der Waals surface area contributed by atoms with E-state index in [4.69, 9.17) is 0 Å². The van der Waals surface area contributed by atoms with Crippen molar-refractivity contribution in [3.05, 3.63) is 65.7 Å². The van der Waals surface area contributed by atoms with Gasteiger partial charge in [-0.15, -0.1) is 0 Å². The number of nitrogens with zero attached hydrogens (tertiary/aromatic N) is 2. The van der Waals surface area contributed by atoms with Gasteiger partial charge in [-0.3, -0.25) is 9.59 Å². The maximum Gasteiger partial charge on any atom is 0.387 e. The fourth-order valence-electron chi connectivity index (χ4n) is 4.07. The summed E-state index contributed by atoms with van der Waals surface area (Å²) in [5, 5.41) is 0. The van der Waals surface area contributed by atoms with E-state index in [0.29, 0.717) is 32.5 Å². The van der Waals surface area contributed by atoms with Crippen LogP contribution in [0.3, 0.4) is 0 Å². The van der Waals surface area contributed by atoms with Crippen LogP contribution < -0.4 is 4.74 Å². The van der Waals surface area contributed by atoms with Gasteiger partial charge < -0.3 is 14.5 Å². The van der Waals surface area contributed by atoms with Crippen LogP contribution in [0.25, 0.3) is 0 Å². The molecule has 1 heterocycles. The van der Waals surface area contributed by atoms with Crippen molar-refractivity contribution in [1.82, 2.24) is 9.80 Å². The van der Waals surface area contributed by atoms with E-state index in [1.165, 1.54) is 12.1 Å². The molecule has 2 aromatic rings. The molecule has 5 nitrogen and oxygen atoms in total. The highest BCUT2D eigenvalue weighted by Gasteiger charge is 2.44. The van der Waals surface area contributed by atoms with Crippen LogP contribution in [0.4, 0.5) is 8.78 Å². The van der Waals surface area contributed by atoms with E-state index in [9.17, 15) is 18.4 Å². The zero-order valence-corrected chi connectivity index (χ0v) is 17.2. The number of piperidine rings is 1. The molecule has 2 aromatic carbocycles. The van der Waals surface area contributed by atoms with Crippen molar-refractivity contribution in [2.45, 2.75) is 38.3 Å². The Morgan fingerprint density at radius 1 is 1.07 bits per heavy atom. The number of carbonyl (C=O) groups excluding carboxylic acids is 2. The number of carbonyl (C=O) groups is 2. The highest BCUT2D eigenvalue weighted by molar-refractivity contribution is 5.88. The van der Waals surface area contributed by atoms with Gasteiger partial charge in [-0.05, 0) is 36.1 Å². The van der Waals surface area contributed by atoms with E-state index >= 15 is 0 Å². The highest BCUT2D eigenvalue weighted by Crippen LogP contribution is 2.37. The molecule has 0 N–H and O–H groups in total. The molecule has 30 heavy (non-hydrogen) atoms. The van der Waals surface area contributed by atoms with Gasteiger partial charge in [0.2, 0.25) is 11.8 Å². The van der Waals surface area contributed by atoms with E-state index < -0.39 is 12.0 Å². The number of hydrogen-bond acceptors (Lipinski definition) is 3. The van der Waals surface area contributed by atoms with Gasteiger partial charge in [-0.1, -0.05) is 42.5 Å². The van der Waals surface area contributed by atoms with Gasteiger partial charge in [0.1, 0.15) is 5.75 Å². The van der Waals surface area contributed by atoms with Crippen LogP contribution in [0.15, 0.2) is 54.6 Å². The predicted molar refractivity (Wildman–Crippen MR) is 109 cm³/mol. The van der Waals surface area contributed by atoms with Crippen molar-refractivity contribution in [3.8, 4) is 5.75 Å². The maximum absolute atomic E-state index is 13.6. The molecule has 0 saturated carbocycles. The Kier molecular flexibility index (Phi) is 6.70. The monoisotopic (exact) mass is 416 g/mol. The summed E-state index contributed by atoms with van der Waals surface area (Å²) in [7, 11) is 1.74. The number of amides is 2. The molecule has 7 heteroatoms. The summed E-state index contributed by atoms with van der Waals surface area (Å²) in [5.41, 5.74) is 1.07. The zero-order valence-electron chi connectivity index (χ0n) is 17.2. The first-order chi connectivity index (χ1) is 14.3. The lowest BCUT2D eigenvalue weighted by Gasteiger charge is -2.42. The summed E-state index contributed by atoms with van der Waals surface area (Å²) in [6.07, 6.45) is 1.11. The Bertz CT molecular complexity index is 864. The molecule has 1 saturated heterocycles. The van der Waals surface area contributed by atoms with Crippen LogP contribution in [-0.2, 0) is 21.5 Å². The number of likely N-dealkylation sites (N-methyl/N-ethyl adjacent to an activating group) is 1. The Morgan fingerprint density at radius 3 is 2.20 bits per heavy atom. The Balaban J connectivity index is 1.78. The van der Waals surface area contributed by atoms with Crippen molar-refractivity contribution < 1.29 is 23.1 Å². The molecule has 0 bridgehead atoms. The molecule has 0 atom stereocenters. The van der Waals surface area contributed by atoms with Crippen LogP contribution >= 0.6 is 0 Å². The van der Waals surface area contributed by atoms with Crippen LogP contribution in [0.2, 0.25) is 0 Å². The molecular weight excluding hydrogens is 390 g/mol. The minimum atomic E-state index is -2.87. The lowest BCUT2D eigenvalue weighted by molar-refractivity contribution is -0.141. The lowest BCUT2D eigenvalue weighted by atomic mass is 9.71. The fourth-order valence-corrected chi connectivity index (χ4v) is 4.07. The second kappa shape index (κ2) is 9.24. The molecule has 0 spiro atoms. The zero-order chi connectivity index (χ0) is 21.7. The van der Waals surface area contributed by atoms with Crippen LogP contribution in [0, 0.1) is 0 Å². The number of rotatable bonds is 6. The summed E-state index contributed by atoms with van der Waals surface area (Å²) in [5.74, 6) is 0.0912. The van der Waals surface area contributed by atoms with Gasteiger partial charge in [0, 0.05) is 33.6 Å². The summed E-state index contributed by atoms with van der Waals surface area (Å²) >= 11 is 0. The second-order valence-electron chi connectivity index (χ2n) is 7.64. The van der Waals surface area contributed by atoms with E-state index in [1.807, 2.05) is 30.3 Å². The van der Waals surface area contributed by atoms with E-state index in [1.54, 1.807) is 35.9 Å². The number of ether oxygens (including phenoxy) is 1. The minimum Gasteiger partial charge on any atom is -0.435 e. The molecule has 160 valence electrons. The van der Waals surface area contributed by atoms with Crippen molar-refractivity contribution in [2.75, 3.05) is 20.1 Å². The van der Waals surface area contributed by atoms with E-state index in [-0.39, 0.29) is 17.6 Å². The Labute approximate surface area is 175 Å². The predicted octanol–water partition coefficient (Wildman–Crippen LogP) is 3.83. The lowest BCUT2D eigenvalue weighted by Crippen LogP contribution is -2.52. The third-order valence-corrected chi connectivity index (χ3v) is 5.71. The molecule has 1 aliphatic heterocycles. The second-order valence-corrected chi connectivity index (χ2v) is 7.64. The van der Waals surface area contributed by atoms with Crippen LogP contribution in [0.1, 0.15) is 30.9 Å². The van der Waals surface area contributed by atoms with Gasteiger partial charge in [-0.2, -0.15) is 8.78 Å². The van der Waals surface area contributed by atoms with Gasteiger partial charge in [0.25, 0.3) is 0 Å². The Morgan fingerprint density at radius 2 is 1.67 bits per heavy atom. The first-order valence-electron chi connectivity index (χ1n) is 9.92. The summed E-state index contributed by atoms with van der Waals surface area (Å²) in [4.78, 5) is 28.8. The number of likely N-dealkylation sites (tertiary alicyclic amines) is 1. The van der Waals surface area contributed by atoms with Gasteiger partial charge in [0.05, 0.1) is 5.41 Å². The standard InChI is InChI=1S/C23H26F2N2O3/c1-17(28)27-14-12-23(13-15-27,19-6-4-3-5-7-19)21(29)26(2)16-18-8-10-20(11-9-18)30-22(24)25/h3-11,22H,12-16H2,1-2H3. The first kappa shape index (κ1) is 21.7. The molecule has 0 radical (unpaired) electrons. The van der Waals surface area contributed by atoms with Gasteiger partial charge in [-0.25, -0.2) is 0 Å². The highest BCUT2D eigenvalue weighted by atomic mass is 19.3. The third-order valence-electron chi connectivity index (χ3n) is 5.71. The molecule has 1 aliphatic rings. The molecular formula is C23H26F2N2O3. The fraction of sp³-hybridized carbons (Fsp3) is 0.391. The van der Waals surface area contributed by atoms with Gasteiger partial charge >= 0.3 is 6.61 Å². The van der Waals surface area contributed by atoms with Crippen LogP contribution in [0.5, 0.6) is 5.75 Å². The average molecular weight is 416 g/mol. The summed E-state index contributed by atoms with van der Waals surface area (Å²) in [6, 6.07) is 16.0. The normalized spacial score (nSPS) is 15.7. The smallest absolute Gasteiger partial charge is 0.387 e. The summed E-state index contributed by atoms with van der Waals surface area (Å²) < 4.78 is 29.0. The van der Waals surface area contributed by atoms with Crippen molar-refractivity contribution in [3.63, 3.8) is 0 Å². The minimum absolute atomic E-state index is 0.00944. The van der Waals surface area contributed by atoms with Crippen molar-refractivity contribution >= 4 is 11.8 Å². The number of hydrogen-bond donors (Lipinski definition) is 0. The van der Waals surface area contributed by atoms with Crippen molar-refractivity contribution in [2.24, 2.45) is 0 Å². The third kappa shape index (κ3) is 4.78.